The van der Waals surface area contributed by atoms with Gasteiger partial charge >= 0.3 is 0 Å². The summed E-state index contributed by atoms with van der Waals surface area (Å²) in [5.74, 6) is -2.61. The monoisotopic (exact) mass is 426 g/mol. The molecule has 2 atom stereocenters. The van der Waals surface area contributed by atoms with Crippen molar-refractivity contribution < 1.29 is 19.3 Å². The number of ketones is 1. The molecule has 2 heterocycles. The van der Waals surface area contributed by atoms with Gasteiger partial charge in [0.2, 0.25) is 5.91 Å². The van der Waals surface area contributed by atoms with Gasteiger partial charge in [0.15, 0.2) is 5.78 Å². The Kier molecular flexibility index (Phi) is 4.62. The average molecular weight is 427 g/mol. The normalized spacial score (nSPS) is 20.4. The van der Waals surface area contributed by atoms with Gasteiger partial charge < -0.3 is 0 Å². The number of halogens is 1. The van der Waals surface area contributed by atoms with Gasteiger partial charge in [0.05, 0.1) is 16.3 Å². The van der Waals surface area contributed by atoms with Gasteiger partial charge in [0, 0.05) is 24.1 Å². The number of rotatable bonds is 4. The number of fused-ring (bicyclic) bond motifs is 1. The smallest absolute Gasteiger partial charge is 0.269 e. The molecule has 0 spiro atoms. The van der Waals surface area contributed by atoms with Crippen molar-refractivity contribution in [3.05, 3.63) is 63.2 Å². The second-order valence-corrected chi connectivity index (χ2v) is 7.39. The third-order valence-electron chi connectivity index (χ3n) is 5.21. The van der Waals surface area contributed by atoms with Crippen LogP contribution >= 0.6 is 11.6 Å². The van der Waals surface area contributed by atoms with E-state index in [1.165, 1.54) is 36.2 Å². The number of nitrogens with zero attached hydrogens (tertiary/aromatic N) is 4. The van der Waals surface area contributed by atoms with Crippen LogP contribution < -0.4 is 9.91 Å². The summed E-state index contributed by atoms with van der Waals surface area (Å²) in [6.07, 6.45) is 0. The van der Waals surface area contributed by atoms with Crippen molar-refractivity contribution in [1.29, 1.82) is 0 Å². The van der Waals surface area contributed by atoms with Gasteiger partial charge in [-0.05, 0) is 36.8 Å². The molecule has 30 heavy (non-hydrogen) atoms. The number of benzene rings is 2. The van der Waals surface area contributed by atoms with Crippen LogP contribution in [-0.2, 0) is 14.4 Å². The van der Waals surface area contributed by atoms with E-state index in [0.717, 1.165) is 4.90 Å². The molecule has 0 bridgehead atoms. The molecule has 0 saturated carbocycles. The van der Waals surface area contributed by atoms with E-state index < -0.39 is 34.5 Å². The van der Waals surface area contributed by atoms with E-state index in [9.17, 15) is 24.5 Å². The highest BCUT2D eigenvalue weighted by Gasteiger charge is 2.58. The highest BCUT2D eigenvalue weighted by atomic mass is 35.5. The molecule has 4 rings (SSSR count). The van der Waals surface area contributed by atoms with E-state index in [0.29, 0.717) is 22.0 Å². The molecular weight excluding hydrogens is 412 g/mol. The number of non-ortho nitro benzene ring substituents is 1. The van der Waals surface area contributed by atoms with Crippen LogP contribution in [0.2, 0.25) is 5.02 Å². The molecule has 0 N–H and O–H groups in total. The molecule has 10 heteroatoms. The molecule has 0 aromatic heterocycles. The van der Waals surface area contributed by atoms with Crippen molar-refractivity contribution in [3.63, 3.8) is 0 Å². The van der Waals surface area contributed by atoms with Crippen LogP contribution in [-0.4, -0.2) is 34.3 Å². The van der Waals surface area contributed by atoms with Gasteiger partial charge in [-0.25, -0.2) is 4.90 Å². The number of carbonyl (C=O) groups is 3. The fourth-order valence-electron chi connectivity index (χ4n) is 3.72. The summed E-state index contributed by atoms with van der Waals surface area (Å²) in [5.41, 5.74) is 1.11. The lowest BCUT2D eigenvalue weighted by Crippen LogP contribution is -2.39. The van der Waals surface area contributed by atoms with Crippen molar-refractivity contribution in [3.8, 4) is 0 Å². The maximum Gasteiger partial charge on any atom is 0.269 e. The first kappa shape index (κ1) is 19.7. The third kappa shape index (κ3) is 2.86. The third-order valence-corrected chi connectivity index (χ3v) is 5.62. The SMILES string of the molecule is CC(=O)C1=NN(c2ccc([N+](=O)[O-])cc2)[C@H]2C(=O)N(c3cccc(Cl)c3C)C(=O)[C@@H]12. The van der Waals surface area contributed by atoms with Gasteiger partial charge in [-0.3, -0.25) is 29.5 Å². The van der Waals surface area contributed by atoms with Crippen LogP contribution in [0.1, 0.15) is 12.5 Å². The quantitative estimate of drug-likeness (QED) is 0.422. The van der Waals surface area contributed by atoms with Crippen molar-refractivity contribution in [1.82, 2.24) is 0 Å². The zero-order valence-corrected chi connectivity index (χ0v) is 16.7. The summed E-state index contributed by atoms with van der Waals surface area (Å²) in [5, 5.41) is 16.8. The zero-order valence-electron chi connectivity index (χ0n) is 15.9. The number of anilines is 2. The maximum absolute atomic E-state index is 13.3. The number of carbonyl (C=O) groups excluding carboxylic acids is 3. The van der Waals surface area contributed by atoms with Gasteiger partial charge in [-0.2, -0.15) is 5.10 Å². The predicted octanol–water partition coefficient (Wildman–Crippen LogP) is 2.88. The van der Waals surface area contributed by atoms with Crippen molar-refractivity contribution in [2.75, 3.05) is 9.91 Å². The van der Waals surface area contributed by atoms with E-state index >= 15 is 0 Å². The minimum absolute atomic E-state index is 0.0288. The number of hydrogen-bond acceptors (Lipinski definition) is 7. The molecular formula is C20H15ClN4O5. The summed E-state index contributed by atoms with van der Waals surface area (Å²) >= 11 is 6.16. The first-order chi connectivity index (χ1) is 14.2. The summed E-state index contributed by atoms with van der Waals surface area (Å²) in [6.45, 7) is 2.97. The number of nitro benzene ring substituents is 1. The van der Waals surface area contributed by atoms with E-state index in [1.54, 1.807) is 25.1 Å². The maximum atomic E-state index is 13.3. The molecule has 1 saturated heterocycles. The van der Waals surface area contributed by atoms with Crippen LogP contribution in [0.5, 0.6) is 0 Å². The molecule has 9 nitrogen and oxygen atoms in total. The first-order valence-corrected chi connectivity index (χ1v) is 9.36. The molecule has 152 valence electrons. The van der Waals surface area contributed by atoms with Crippen molar-refractivity contribution in [2.45, 2.75) is 19.9 Å². The molecule has 0 radical (unpaired) electrons. The number of hydrogen-bond donors (Lipinski definition) is 0. The number of Topliss-reactive ketones (excluding diaryl/α,β-unsaturated/α-hetero) is 1. The Hall–Kier alpha value is -3.59. The van der Waals surface area contributed by atoms with Crippen molar-refractivity contribution >= 4 is 52.0 Å². The largest absolute Gasteiger partial charge is 0.293 e. The van der Waals surface area contributed by atoms with E-state index in [1.807, 2.05) is 0 Å². The molecule has 2 aliphatic rings. The molecule has 2 amide bonds. The summed E-state index contributed by atoms with van der Waals surface area (Å²) < 4.78 is 0. The second kappa shape index (κ2) is 7.03. The molecule has 2 aromatic rings. The Morgan fingerprint density at radius 1 is 1.13 bits per heavy atom. The van der Waals surface area contributed by atoms with Gasteiger partial charge in [0.25, 0.3) is 11.6 Å². The lowest BCUT2D eigenvalue weighted by molar-refractivity contribution is -0.384. The topological polar surface area (TPSA) is 113 Å². The summed E-state index contributed by atoms with van der Waals surface area (Å²) in [4.78, 5) is 50.1. The Labute approximate surface area is 175 Å². The van der Waals surface area contributed by atoms with Gasteiger partial charge in [-0.15, -0.1) is 0 Å². The minimum atomic E-state index is -1.07. The van der Waals surface area contributed by atoms with E-state index in [4.69, 9.17) is 11.6 Å². The van der Waals surface area contributed by atoms with E-state index in [-0.39, 0.29) is 11.4 Å². The summed E-state index contributed by atoms with van der Waals surface area (Å²) in [7, 11) is 0. The first-order valence-electron chi connectivity index (χ1n) is 8.98. The lowest BCUT2D eigenvalue weighted by Gasteiger charge is -2.23. The summed E-state index contributed by atoms with van der Waals surface area (Å²) in [6, 6.07) is 9.22. The Morgan fingerprint density at radius 2 is 1.80 bits per heavy atom. The fraction of sp³-hybridized carbons (Fsp3) is 0.200. The van der Waals surface area contributed by atoms with Crippen molar-refractivity contribution in [2.24, 2.45) is 11.0 Å². The van der Waals surface area contributed by atoms with Crippen LogP contribution in [0.3, 0.4) is 0 Å². The predicted molar refractivity (Wildman–Crippen MR) is 110 cm³/mol. The Morgan fingerprint density at radius 3 is 2.40 bits per heavy atom. The highest BCUT2D eigenvalue weighted by Crippen LogP contribution is 2.40. The molecule has 0 unspecified atom stereocenters. The van der Waals surface area contributed by atoms with Gasteiger partial charge in [-0.1, -0.05) is 17.7 Å². The standard InChI is InChI=1S/C20H15ClN4O5/c1-10-14(21)4-3-5-15(10)23-19(27)16-17(11(2)26)22-24(18(16)20(23)28)12-6-8-13(9-7-12)25(29)30/h3-9,16,18H,1-2H3/t16-,18+/m0/s1. The Balaban J connectivity index is 1.80. The van der Waals surface area contributed by atoms with Crippen LogP contribution in [0, 0.1) is 23.0 Å². The zero-order chi connectivity index (χ0) is 21.7. The van der Waals surface area contributed by atoms with Crippen LogP contribution in [0.25, 0.3) is 0 Å². The molecule has 1 fully saturated rings. The van der Waals surface area contributed by atoms with Gasteiger partial charge in [0.1, 0.15) is 17.7 Å². The second-order valence-electron chi connectivity index (χ2n) is 6.98. The van der Waals surface area contributed by atoms with Crippen LogP contribution in [0.15, 0.2) is 47.6 Å². The molecule has 0 aliphatic carbocycles. The Bertz CT molecular complexity index is 1140. The van der Waals surface area contributed by atoms with Crippen LogP contribution in [0.4, 0.5) is 17.1 Å². The molecule has 2 aromatic carbocycles. The minimum Gasteiger partial charge on any atom is -0.293 e. The number of nitro groups is 1. The number of hydrazone groups is 1. The molecule has 2 aliphatic heterocycles. The highest BCUT2D eigenvalue weighted by molar-refractivity contribution is 6.49. The fourth-order valence-corrected chi connectivity index (χ4v) is 3.89. The average Bonchev–Trinajstić information content (AvgIpc) is 3.22. The number of amides is 2. The van der Waals surface area contributed by atoms with E-state index in [2.05, 4.69) is 5.10 Å². The lowest BCUT2D eigenvalue weighted by atomic mass is 9.95. The number of imide groups is 1.